The van der Waals surface area contributed by atoms with E-state index in [1.807, 2.05) is 30.3 Å². The van der Waals surface area contributed by atoms with Crippen molar-refractivity contribution in [2.24, 2.45) is 5.92 Å². The predicted octanol–water partition coefficient (Wildman–Crippen LogP) is 3.39. The molecule has 0 spiro atoms. The zero-order chi connectivity index (χ0) is 12.1. The summed E-state index contributed by atoms with van der Waals surface area (Å²) in [7, 11) is 0. The molecule has 2 rings (SSSR count). The Morgan fingerprint density at radius 3 is 2.41 bits per heavy atom. The number of benzene rings is 1. The number of carbonyl (C=O) groups excluding carboxylic acids is 1. The molecule has 17 heavy (non-hydrogen) atoms. The van der Waals surface area contributed by atoms with Gasteiger partial charge >= 0.3 is 0 Å². The third kappa shape index (κ3) is 3.32. The molecule has 0 atom stereocenters. The van der Waals surface area contributed by atoms with Gasteiger partial charge in [-0.25, -0.2) is 0 Å². The van der Waals surface area contributed by atoms with Crippen LogP contribution in [0.4, 0.5) is 0 Å². The topological polar surface area (TPSA) is 29.1 Å². The second-order valence-electron chi connectivity index (χ2n) is 4.97. The molecular formula is C15H21NO. The van der Waals surface area contributed by atoms with Crippen LogP contribution in [-0.2, 0) is 0 Å². The monoisotopic (exact) mass is 231 g/mol. The molecule has 0 bridgehead atoms. The van der Waals surface area contributed by atoms with Crippen LogP contribution in [0, 0.1) is 5.92 Å². The molecule has 1 amide bonds. The minimum absolute atomic E-state index is 0.0746. The van der Waals surface area contributed by atoms with Gasteiger partial charge in [-0.05, 0) is 43.7 Å². The van der Waals surface area contributed by atoms with E-state index < -0.39 is 0 Å². The number of amides is 1. The highest BCUT2D eigenvalue weighted by atomic mass is 16.1. The minimum atomic E-state index is 0.0746. The van der Waals surface area contributed by atoms with Crippen LogP contribution < -0.4 is 5.32 Å². The van der Waals surface area contributed by atoms with E-state index in [9.17, 15) is 4.79 Å². The quantitative estimate of drug-likeness (QED) is 0.849. The Morgan fingerprint density at radius 1 is 1.18 bits per heavy atom. The van der Waals surface area contributed by atoms with Crippen LogP contribution in [0.25, 0.3) is 0 Å². The van der Waals surface area contributed by atoms with Gasteiger partial charge in [0.2, 0.25) is 0 Å². The van der Waals surface area contributed by atoms with Crippen molar-refractivity contribution in [1.82, 2.24) is 5.32 Å². The van der Waals surface area contributed by atoms with E-state index in [0.29, 0.717) is 6.04 Å². The second kappa shape index (κ2) is 5.85. The number of rotatable bonds is 3. The Labute approximate surface area is 103 Å². The van der Waals surface area contributed by atoms with E-state index in [0.717, 1.165) is 24.3 Å². The van der Waals surface area contributed by atoms with Crippen molar-refractivity contribution in [1.29, 1.82) is 0 Å². The highest BCUT2D eigenvalue weighted by Crippen LogP contribution is 2.26. The smallest absolute Gasteiger partial charge is 0.251 e. The van der Waals surface area contributed by atoms with Crippen LogP contribution in [0.3, 0.4) is 0 Å². The molecule has 0 aliphatic heterocycles. The van der Waals surface area contributed by atoms with E-state index in [1.165, 1.54) is 19.3 Å². The first-order valence-corrected chi connectivity index (χ1v) is 6.65. The van der Waals surface area contributed by atoms with Gasteiger partial charge in [0.25, 0.3) is 5.91 Å². The number of carbonyl (C=O) groups is 1. The Balaban J connectivity index is 1.84. The molecule has 1 aromatic rings. The van der Waals surface area contributed by atoms with E-state index >= 15 is 0 Å². The van der Waals surface area contributed by atoms with Crippen molar-refractivity contribution in [2.75, 3.05) is 0 Å². The maximum atomic E-state index is 12.0. The summed E-state index contributed by atoms with van der Waals surface area (Å²) in [5.41, 5.74) is 0.769. The molecule has 2 nitrogen and oxygen atoms in total. The summed E-state index contributed by atoms with van der Waals surface area (Å²) in [6, 6.07) is 9.86. The van der Waals surface area contributed by atoms with Gasteiger partial charge in [-0.15, -0.1) is 0 Å². The SMILES string of the molecule is CC[C@H]1CC[C@H](NC(=O)c2ccccc2)CC1. The molecule has 0 radical (unpaired) electrons. The fourth-order valence-electron chi connectivity index (χ4n) is 2.57. The van der Waals surface area contributed by atoms with Gasteiger partial charge in [0.15, 0.2) is 0 Å². The minimum Gasteiger partial charge on any atom is -0.349 e. The summed E-state index contributed by atoms with van der Waals surface area (Å²) in [5, 5.41) is 3.14. The third-order valence-corrected chi connectivity index (χ3v) is 3.80. The van der Waals surface area contributed by atoms with Gasteiger partial charge in [0.05, 0.1) is 0 Å². The van der Waals surface area contributed by atoms with Crippen LogP contribution >= 0.6 is 0 Å². The molecule has 2 heteroatoms. The molecule has 1 aromatic carbocycles. The molecule has 1 aliphatic rings. The second-order valence-corrected chi connectivity index (χ2v) is 4.97. The molecule has 0 unspecified atom stereocenters. The number of hydrogen-bond donors (Lipinski definition) is 1. The predicted molar refractivity (Wildman–Crippen MR) is 69.9 cm³/mol. The highest BCUT2D eigenvalue weighted by molar-refractivity contribution is 5.94. The lowest BCUT2D eigenvalue weighted by atomic mass is 9.84. The first-order chi connectivity index (χ1) is 8.29. The lowest BCUT2D eigenvalue weighted by Crippen LogP contribution is -2.37. The third-order valence-electron chi connectivity index (χ3n) is 3.80. The summed E-state index contributed by atoms with van der Waals surface area (Å²) < 4.78 is 0. The first-order valence-electron chi connectivity index (χ1n) is 6.65. The van der Waals surface area contributed by atoms with Crippen molar-refractivity contribution < 1.29 is 4.79 Å². The van der Waals surface area contributed by atoms with E-state index in [2.05, 4.69) is 12.2 Å². The molecule has 1 N–H and O–H groups in total. The van der Waals surface area contributed by atoms with Crippen LogP contribution in [0.5, 0.6) is 0 Å². The Morgan fingerprint density at radius 2 is 1.82 bits per heavy atom. The lowest BCUT2D eigenvalue weighted by molar-refractivity contribution is 0.0921. The van der Waals surface area contributed by atoms with Gasteiger partial charge in [0, 0.05) is 11.6 Å². The molecule has 0 aromatic heterocycles. The molecule has 0 heterocycles. The maximum absolute atomic E-state index is 12.0. The zero-order valence-corrected chi connectivity index (χ0v) is 10.5. The molecule has 92 valence electrons. The van der Waals surface area contributed by atoms with Gasteiger partial charge in [-0.1, -0.05) is 31.5 Å². The Bertz CT molecular complexity index is 352. The summed E-state index contributed by atoms with van der Waals surface area (Å²) in [6.07, 6.45) is 6.07. The van der Waals surface area contributed by atoms with Gasteiger partial charge in [-0.3, -0.25) is 4.79 Å². The van der Waals surface area contributed by atoms with E-state index in [1.54, 1.807) is 0 Å². The number of hydrogen-bond acceptors (Lipinski definition) is 1. The maximum Gasteiger partial charge on any atom is 0.251 e. The van der Waals surface area contributed by atoms with Crippen molar-refractivity contribution in [2.45, 2.75) is 45.1 Å². The fraction of sp³-hybridized carbons (Fsp3) is 0.533. The Kier molecular flexibility index (Phi) is 4.18. The van der Waals surface area contributed by atoms with Crippen LogP contribution in [0.2, 0.25) is 0 Å². The number of nitrogens with one attached hydrogen (secondary N) is 1. The Hall–Kier alpha value is -1.31. The highest BCUT2D eigenvalue weighted by Gasteiger charge is 2.21. The average Bonchev–Trinajstić information content (AvgIpc) is 2.40. The van der Waals surface area contributed by atoms with Crippen LogP contribution in [-0.4, -0.2) is 11.9 Å². The molecule has 1 fully saturated rings. The lowest BCUT2D eigenvalue weighted by Gasteiger charge is -2.28. The van der Waals surface area contributed by atoms with Crippen molar-refractivity contribution in [3.8, 4) is 0 Å². The normalized spacial score (nSPS) is 24.3. The van der Waals surface area contributed by atoms with Crippen molar-refractivity contribution >= 4 is 5.91 Å². The van der Waals surface area contributed by atoms with Crippen LogP contribution in [0.1, 0.15) is 49.4 Å². The van der Waals surface area contributed by atoms with Gasteiger partial charge < -0.3 is 5.32 Å². The van der Waals surface area contributed by atoms with E-state index in [4.69, 9.17) is 0 Å². The summed E-state index contributed by atoms with van der Waals surface area (Å²) in [6.45, 7) is 2.26. The van der Waals surface area contributed by atoms with E-state index in [-0.39, 0.29) is 5.91 Å². The van der Waals surface area contributed by atoms with Gasteiger partial charge in [-0.2, -0.15) is 0 Å². The summed E-state index contributed by atoms with van der Waals surface area (Å²) >= 11 is 0. The van der Waals surface area contributed by atoms with Crippen molar-refractivity contribution in [3.05, 3.63) is 35.9 Å². The van der Waals surface area contributed by atoms with Gasteiger partial charge in [0.1, 0.15) is 0 Å². The average molecular weight is 231 g/mol. The molecule has 1 saturated carbocycles. The molecule has 0 saturated heterocycles. The van der Waals surface area contributed by atoms with Crippen molar-refractivity contribution in [3.63, 3.8) is 0 Å². The summed E-state index contributed by atoms with van der Waals surface area (Å²) in [5.74, 6) is 0.949. The largest absolute Gasteiger partial charge is 0.349 e. The molecule has 1 aliphatic carbocycles. The van der Waals surface area contributed by atoms with Crippen LogP contribution in [0.15, 0.2) is 30.3 Å². The standard InChI is InChI=1S/C15H21NO/c1-2-12-8-10-14(11-9-12)16-15(17)13-6-4-3-5-7-13/h3-7,12,14H,2,8-11H2,1H3,(H,16,17)/t12-,14-. The zero-order valence-electron chi connectivity index (χ0n) is 10.5. The first kappa shape index (κ1) is 12.2. The fourth-order valence-corrected chi connectivity index (χ4v) is 2.57. The molecular weight excluding hydrogens is 210 g/mol. The summed E-state index contributed by atoms with van der Waals surface area (Å²) in [4.78, 5) is 12.0.